The number of benzene rings is 2. The van der Waals surface area contributed by atoms with Gasteiger partial charge in [-0.3, -0.25) is 4.98 Å². The van der Waals surface area contributed by atoms with Crippen molar-refractivity contribution in [1.29, 1.82) is 0 Å². The number of sulfonamides is 1. The summed E-state index contributed by atoms with van der Waals surface area (Å²) < 4.78 is 28.1. The number of piperazine rings is 1. The maximum absolute atomic E-state index is 13.2. The average Bonchev–Trinajstić information content (AvgIpc) is 2.75. The van der Waals surface area contributed by atoms with Crippen LogP contribution in [0.2, 0.25) is 5.02 Å². The van der Waals surface area contributed by atoms with Gasteiger partial charge in [-0.25, -0.2) is 8.42 Å². The van der Waals surface area contributed by atoms with Crippen molar-refractivity contribution in [1.82, 2.24) is 14.6 Å². The molecule has 0 aliphatic carbocycles. The average molecular weight is 426 g/mol. The van der Waals surface area contributed by atoms with Crippen LogP contribution in [0.25, 0.3) is 11.1 Å². The minimum atomic E-state index is -3.57. The molecular weight excluding hydrogens is 406 g/mol. The van der Waals surface area contributed by atoms with E-state index in [0.29, 0.717) is 18.1 Å². The third-order valence-electron chi connectivity index (χ3n) is 5.87. The van der Waals surface area contributed by atoms with Crippen LogP contribution >= 0.6 is 11.6 Å². The lowest BCUT2D eigenvalue weighted by Crippen LogP contribution is -2.73. The number of halogens is 1. The Morgan fingerprint density at radius 1 is 0.931 bits per heavy atom. The van der Waals surface area contributed by atoms with E-state index in [1.54, 1.807) is 34.9 Å². The van der Waals surface area contributed by atoms with E-state index in [1.165, 1.54) is 11.6 Å². The van der Waals surface area contributed by atoms with E-state index in [-0.39, 0.29) is 22.9 Å². The fourth-order valence-corrected chi connectivity index (χ4v) is 6.67. The van der Waals surface area contributed by atoms with Crippen molar-refractivity contribution in [2.45, 2.75) is 22.9 Å². The van der Waals surface area contributed by atoms with Gasteiger partial charge in [-0.1, -0.05) is 41.9 Å². The second kappa shape index (κ2) is 7.22. The molecule has 1 unspecified atom stereocenters. The quantitative estimate of drug-likeness (QED) is 0.694. The smallest absolute Gasteiger partial charge is 0.243 e. The topological polar surface area (TPSA) is 62.3 Å². The predicted octanol–water partition coefficient (Wildman–Crippen LogP) is 3.53. The molecule has 2 fully saturated rings. The Labute approximate surface area is 175 Å². The van der Waals surface area contributed by atoms with Crippen LogP contribution in [-0.2, 0) is 10.0 Å². The molecule has 2 bridgehead atoms. The van der Waals surface area contributed by atoms with Crippen molar-refractivity contribution in [2.75, 3.05) is 13.1 Å². The first-order chi connectivity index (χ1) is 14.1. The predicted molar refractivity (Wildman–Crippen MR) is 113 cm³/mol. The van der Waals surface area contributed by atoms with Gasteiger partial charge >= 0.3 is 0 Å². The molecule has 1 N–H and O–H groups in total. The van der Waals surface area contributed by atoms with Crippen molar-refractivity contribution in [3.8, 4) is 11.1 Å². The molecule has 3 heterocycles. The molecule has 2 saturated heterocycles. The maximum atomic E-state index is 13.2. The lowest BCUT2D eigenvalue weighted by atomic mass is 9.74. The summed E-state index contributed by atoms with van der Waals surface area (Å²) in [6.45, 7) is 1.29. The van der Waals surface area contributed by atoms with E-state index < -0.39 is 10.0 Å². The Morgan fingerprint density at radius 2 is 1.59 bits per heavy atom. The molecule has 1 aromatic heterocycles. The van der Waals surface area contributed by atoms with Gasteiger partial charge in [-0.05, 0) is 47.0 Å². The Bertz CT molecular complexity index is 1120. The van der Waals surface area contributed by atoms with Crippen LogP contribution in [0.15, 0.2) is 78.0 Å². The molecule has 7 heteroatoms. The summed E-state index contributed by atoms with van der Waals surface area (Å²) in [5, 5.41) is 3.78. The summed E-state index contributed by atoms with van der Waals surface area (Å²) in [5.41, 5.74) is 3.42. The van der Waals surface area contributed by atoms with Crippen molar-refractivity contribution in [3.05, 3.63) is 83.6 Å². The standard InChI is InChI=1S/C22H20ClN3O2S/c23-18-2-1-3-19(12-18)29(27,28)26-20-13-25-14-21(26)22(20)17-6-4-15(5-7-17)16-8-10-24-11-9-16/h1-12,20-22,25H,13-14H2/t20-,21+,22?. The Kier molecular flexibility index (Phi) is 4.67. The maximum Gasteiger partial charge on any atom is 0.243 e. The summed E-state index contributed by atoms with van der Waals surface area (Å²) in [7, 11) is -3.57. The number of hydrogen-bond donors (Lipinski definition) is 1. The molecular formula is C22H20ClN3O2S. The zero-order valence-electron chi connectivity index (χ0n) is 15.6. The minimum Gasteiger partial charge on any atom is -0.313 e. The van der Waals surface area contributed by atoms with E-state index in [2.05, 4.69) is 34.6 Å². The summed E-state index contributed by atoms with van der Waals surface area (Å²) in [6.07, 6.45) is 3.56. The first kappa shape index (κ1) is 18.8. The Hall–Kier alpha value is -2.25. The largest absolute Gasteiger partial charge is 0.313 e. The lowest BCUT2D eigenvalue weighted by molar-refractivity contribution is 0.0370. The van der Waals surface area contributed by atoms with E-state index in [1.807, 2.05) is 12.1 Å². The third kappa shape index (κ3) is 3.16. The summed E-state index contributed by atoms with van der Waals surface area (Å²) in [5.74, 6) is 0.191. The van der Waals surface area contributed by atoms with Gasteiger partial charge in [0.25, 0.3) is 0 Å². The SMILES string of the molecule is O=S(=O)(c1cccc(Cl)c1)N1[C@@H]2CNC[C@H]1C2c1ccc(-c2ccncc2)cc1. The number of fused-ring (bicyclic) bond motifs is 2. The first-order valence-corrected chi connectivity index (χ1v) is 11.4. The molecule has 2 aliphatic heterocycles. The van der Waals surface area contributed by atoms with Crippen LogP contribution in [0.4, 0.5) is 0 Å². The number of aromatic nitrogens is 1. The van der Waals surface area contributed by atoms with Crippen LogP contribution in [-0.4, -0.2) is 42.9 Å². The Balaban J connectivity index is 1.43. The van der Waals surface area contributed by atoms with Crippen LogP contribution in [0.1, 0.15) is 11.5 Å². The molecule has 148 valence electrons. The first-order valence-electron chi connectivity index (χ1n) is 9.56. The van der Waals surface area contributed by atoms with Crippen molar-refractivity contribution >= 4 is 21.6 Å². The van der Waals surface area contributed by atoms with Gasteiger partial charge < -0.3 is 5.32 Å². The molecule has 2 aromatic carbocycles. The number of piperidine rings is 1. The molecule has 0 spiro atoms. The molecule has 2 aliphatic rings. The van der Waals surface area contributed by atoms with Crippen molar-refractivity contribution < 1.29 is 8.42 Å². The highest BCUT2D eigenvalue weighted by molar-refractivity contribution is 7.89. The molecule has 3 aromatic rings. The third-order valence-corrected chi connectivity index (χ3v) is 8.05. The van der Waals surface area contributed by atoms with Gasteiger partial charge in [-0.2, -0.15) is 4.31 Å². The number of nitrogens with zero attached hydrogens (tertiary/aromatic N) is 2. The fourth-order valence-electron chi connectivity index (χ4n) is 4.52. The van der Waals surface area contributed by atoms with Gasteiger partial charge in [0.2, 0.25) is 10.0 Å². The van der Waals surface area contributed by atoms with Gasteiger partial charge in [0, 0.05) is 48.5 Å². The number of pyridine rings is 1. The van der Waals surface area contributed by atoms with Crippen LogP contribution in [0.5, 0.6) is 0 Å². The van der Waals surface area contributed by atoms with Gasteiger partial charge in [-0.15, -0.1) is 0 Å². The highest BCUT2D eigenvalue weighted by Crippen LogP contribution is 2.46. The Morgan fingerprint density at radius 3 is 2.24 bits per heavy atom. The zero-order chi connectivity index (χ0) is 20.0. The van der Waals surface area contributed by atoms with Gasteiger partial charge in [0.05, 0.1) is 4.90 Å². The number of nitrogens with one attached hydrogen (secondary N) is 1. The summed E-state index contributed by atoms with van der Waals surface area (Å²) in [6, 6.07) is 18.7. The summed E-state index contributed by atoms with van der Waals surface area (Å²) in [4.78, 5) is 4.32. The van der Waals surface area contributed by atoms with Crippen LogP contribution < -0.4 is 5.32 Å². The van der Waals surface area contributed by atoms with E-state index in [9.17, 15) is 8.42 Å². The molecule has 0 amide bonds. The minimum absolute atomic E-state index is 0.0930. The molecule has 3 atom stereocenters. The molecule has 0 radical (unpaired) electrons. The van der Waals surface area contributed by atoms with Crippen molar-refractivity contribution in [3.63, 3.8) is 0 Å². The molecule has 5 nitrogen and oxygen atoms in total. The van der Waals surface area contributed by atoms with Gasteiger partial charge in [0.15, 0.2) is 0 Å². The van der Waals surface area contributed by atoms with E-state index >= 15 is 0 Å². The second-order valence-electron chi connectivity index (χ2n) is 7.47. The van der Waals surface area contributed by atoms with Crippen molar-refractivity contribution in [2.24, 2.45) is 0 Å². The number of hydrogen-bond acceptors (Lipinski definition) is 4. The van der Waals surface area contributed by atoms with Crippen LogP contribution in [0, 0.1) is 0 Å². The second-order valence-corrected chi connectivity index (χ2v) is 9.75. The van der Waals surface area contributed by atoms with E-state index in [0.717, 1.165) is 11.1 Å². The molecule has 5 rings (SSSR count). The monoisotopic (exact) mass is 425 g/mol. The highest BCUT2D eigenvalue weighted by Gasteiger charge is 2.56. The lowest BCUT2D eigenvalue weighted by Gasteiger charge is -2.57. The normalized spacial score (nSPS) is 24.1. The molecule has 0 saturated carbocycles. The van der Waals surface area contributed by atoms with Crippen LogP contribution in [0.3, 0.4) is 0 Å². The zero-order valence-corrected chi connectivity index (χ0v) is 17.1. The van der Waals surface area contributed by atoms with E-state index in [4.69, 9.17) is 11.6 Å². The highest BCUT2D eigenvalue weighted by atomic mass is 35.5. The fraction of sp³-hybridized carbons (Fsp3) is 0.227. The molecule has 29 heavy (non-hydrogen) atoms. The summed E-state index contributed by atoms with van der Waals surface area (Å²) >= 11 is 6.03. The number of rotatable bonds is 4. The van der Waals surface area contributed by atoms with Gasteiger partial charge in [0.1, 0.15) is 0 Å².